The van der Waals surface area contributed by atoms with E-state index < -0.39 is 0 Å². The summed E-state index contributed by atoms with van der Waals surface area (Å²) >= 11 is 1.34. The van der Waals surface area contributed by atoms with Crippen molar-refractivity contribution in [3.8, 4) is 11.4 Å². The molecule has 0 N–H and O–H groups in total. The number of hydrogen-bond donors (Lipinski definition) is 0. The summed E-state index contributed by atoms with van der Waals surface area (Å²) in [6.45, 7) is 0.825. The number of nitrogens with zero attached hydrogens (tertiary/aromatic N) is 5. The average Bonchev–Trinajstić information content (AvgIpc) is 3.50. The number of hydrogen-bond acceptors (Lipinski definition) is 7. The van der Waals surface area contributed by atoms with Crippen LogP contribution in [0.3, 0.4) is 0 Å². The van der Waals surface area contributed by atoms with Gasteiger partial charge in [0.05, 0.1) is 25.7 Å². The van der Waals surface area contributed by atoms with Crippen LogP contribution in [0, 0.1) is 0 Å². The van der Waals surface area contributed by atoms with Crippen LogP contribution in [0.15, 0.2) is 83.1 Å². The normalized spacial score (nSPS) is 10.7. The van der Waals surface area contributed by atoms with E-state index in [0.29, 0.717) is 18.2 Å². The maximum Gasteiger partial charge on any atom is 0.233 e. The molecule has 0 aliphatic heterocycles. The molecule has 0 atom stereocenters. The van der Waals surface area contributed by atoms with E-state index in [2.05, 4.69) is 15.2 Å². The summed E-state index contributed by atoms with van der Waals surface area (Å²) in [6.07, 6.45) is 6.71. The topological polar surface area (TPSA) is 86.3 Å². The quantitative estimate of drug-likeness (QED) is 0.371. The molecule has 4 aromatic rings. The maximum atomic E-state index is 13.1. The molecular weight excluding hydrogens is 414 g/mol. The zero-order valence-electron chi connectivity index (χ0n) is 16.9. The third kappa shape index (κ3) is 5.32. The second-order valence-electron chi connectivity index (χ2n) is 6.66. The number of ether oxygens (including phenoxy) is 1. The molecule has 1 amide bonds. The molecule has 0 aliphatic carbocycles. The van der Waals surface area contributed by atoms with E-state index in [1.54, 1.807) is 37.0 Å². The predicted octanol–water partition coefficient (Wildman–Crippen LogP) is 3.59. The summed E-state index contributed by atoms with van der Waals surface area (Å²) in [6, 6.07) is 15.0. The molecule has 0 saturated heterocycles. The first-order chi connectivity index (χ1) is 15.2. The van der Waals surface area contributed by atoms with E-state index in [9.17, 15) is 4.79 Å². The van der Waals surface area contributed by atoms with Crippen LogP contribution in [0.2, 0.25) is 0 Å². The molecule has 3 aromatic heterocycles. The number of carbonyl (C=O) groups is 1. The average molecular weight is 436 g/mol. The third-order valence-electron chi connectivity index (χ3n) is 4.57. The fourth-order valence-corrected chi connectivity index (χ4v) is 3.83. The lowest BCUT2D eigenvalue weighted by Crippen LogP contribution is -2.31. The van der Waals surface area contributed by atoms with Crippen molar-refractivity contribution in [3.63, 3.8) is 0 Å². The molecule has 9 heteroatoms. The summed E-state index contributed by atoms with van der Waals surface area (Å²) in [4.78, 5) is 19.0. The predicted molar refractivity (Wildman–Crippen MR) is 116 cm³/mol. The fourth-order valence-electron chi connectivity index (χ4n) is 3.00. The van der Waals surface area contributed by atoms with Gasteiger partial charge in [0.25, 0.3) is 0 Å². The van der Waals surface area contributed by atoms with E-state index in [0.717, 1.165) is 22.8 Å². The molecule has 0 saturated carbocycles. The minimum absolute atomic E-state index is 0.0328. The Labute approximate surface area is 183 Å². The summed E-state index contributed by atoms with van der Waals surface area (Å²) in [5.74, 6) is 1.68. The summed E-state index contributed by atoms with van der Waals surface area (Å²) < 4.78 is 12.5. The maximum absolute atomic E-state index is 13.1. The smallest absolute Gasteiger partial charge is 0.233 e. The molecule has 8 nitrogen and oxygen atoms in total. The molecule has 3 heterocycles. The highest BCUT2D eigenvalue weighted by Gasteiger charge is 2.18. The Balaban J connectivity index is 1.45. The largest absolute Gasteiger partial charge is 0.497 e. The zero-order chi connectivity index (χ0) is 21.5. The van der Waals surface area contributed by atoms with Gasteiger partial charge in [0.15, 0.2) is 5.16 Å². The molecule has 158 valence electrons. The van der Waals surface area contributed by atoms with Crippen molar-refractivity contribution in [3.05, 3.63) is 84.8 Å². The standard InChI is InChI=1S/C22H21N5O3S/c1-29-19-8-6-18(7-9-19)27-16-24-25-22(27)31-15-21(28)26(14-20-5-3-11-30-20)13-17-4-2-10-23-12-17/h2-12,16H,13-15H2,1H3. The van der Waals surface area contributed by atoms with Gasteiger partial charge >= 0.3 is 0 Å². The van der Waals surface area contributed by atoms with Gasteiger partial charge in [-0.15, -0.1) is 10.2 Å². The number of methoxy groups -OCH3 is 1. The van der Waals surface area contributed by atoms with Crippen LogP contribution in [0.5, 0.6) is 5.75 Å². The fraction of sp³-hybridized carbons (Fsp3) is 0.182. The van der Waals surface area contributed by atoms with Crippen LogP contribution in [0.25, 0.3) is 5.69 Å². The minimum Gasteiger partial charge on any atom is -0.497 e. The van der Waals surface area contributed by atoms with E-state index in [1.165, 1.54) is 11.8 Å². The molecule has 0 aliphatic rings. The lowest BCUT2D eigenvalue weighted by molar-refractivity contribution is -0.129. The van der Waals surface area contributed by atoms with Crippen molar-refractivity contribution in [2.24, 2.45) is 0 Å². The number of aromatic nitrogens is 4. The van der Waals surface area contributed by atoms with Gasteiger partial charge in [-0.05, 0) is 48.0 Å². The van der Waals surface area contributed by atoms with E-state index >= 15 is 0 Å². The Morgan fingerprint density at radius 2 is 2.03 bits per heavy atom. The zero-order valence-corrected chi connectivity index (χ0v) is 17.7. The van der Waals surface area contributed by atoms with Crippen molar-refractivity contribution in [2.75, 3.05) is 12.9 Å². The van der Waals surface area contributed by atoms with Gasteiger partial charge < -0.3 is 14.1 Å². The second kappa shape index (κ2) is 9.94. The SMILES string of the molecule is COc1ccc(-n2cnnc2SCC(=O)N(Cc2cccnc2)Cc2ccco2)cc1. The Morgan fingerprint density at radius 3 is 2.74 bits per heavy atom. The molecule has 0 radical (unpaired) electrons. The molecule has 1 aromatic carbocycles. The molecule has 0 bridgehead atoms. The highest BCUT2D eigenvalue weighted by atomic mass is 32.2. The van der Waals surface area contributed by atoms with Crippen molar-refractivity contribution < 1.29 is 13.9 Å². The van der Waals surface area contributed by atoms with Gasteiger partial charge in [-0.2, -0.15) is 0 Å². The van der Waals surface area contributed by atoms with Crippen molar-refractivity contribution in [1.29, 1.82) is 0 Å². The number of rotatable bonds is 9. The monoisotopic (exact) mass is 435 g/mol. The first-order valence-corrected chi connectivity index (χ1v) is 10.6. The van der Waals surface area contributed by atoms with Crippen molar-refractivity contribution >= 4 is 17.7 Å². The minimum atomic E-state index is -0.0328. The number of furan rings is 1. The molecule has 31 heavy (non-hydrogen) atoms. The summed E-state index contributed by atoms with van der Waals surface area (Å²) in [5.41, 5.74) is 1.84. The van der Waals surface area contributed by atoms with Crippen LogP contribution in [-0.4, -0.2) is 43.4 Å². The summed E-state index contributed by atoms with van der Waals surface area (Å²) in [5, 5.41) is 8.81. The van der Waals surface area contributed by atoms with Crippen LogP contribution < -0.4 is 4.74 Å². The molecule has 0 unspecified atom stereocenters. The van der Waals surface area contributed by atoms with E-state index in [-0.39, 0.29) is 11.7 Å². The van der Waals surface area contributed by atoms with E-state index in [1.807, 2.05) is 53.1 Å². The van der Waals surface area contributed by atoms with Crippen molar-refractivity contribution in [1.82, 2.24) is 24.6 Å². The Morgan fingerprint density at radius 1 is 1.16 bits per heavy atom. The Hall–Kier alpha value is -3.59. The van der Waals surface area contributed by atoms with Crippen LogP contribution in [0.4, 0.5) is 0 Å². The third-order valence-corrected chi connectivity index (χ3v) is 5.50. The van der Waals surface area contributed by atoms with Gasteiger partial charge in [-0.3, -0.25) is 14.3 Å². The second-order valence-corrected chi connectivity index (χ2v) is 7.60. The number of thioether (sulfide) groups is 1. The van der Waals surface area contributed by atoms with Gasteiger partial charge in [0.2, 0.25) is 5.91 Å². The first kappa shape index (κ1) is 20.7. The van der Waals surface area contributed by atoms with Crippen molar-refractivity contribution in [2.45, 2.75) is 18.2 Å². The lowest BCUT2D eigenvalue weighted by Gasteiger charge is -2.21. The lowest BCUT2D eigenvalue weighted by atomic mass is 10.2. The highest BCUT2D eigenvalue weighted by molar-refractivity contribution is 7.99. The Bertz CT molecular complexity index is 1100. The number of amides is 1. The molecule has 0 spiro atoms. The first-order valence-electron chi connectivity index (χ1n) is 9.59. The Kier molecular flexibility index (Phi) is 6.63. The number of carbonyl (C=O) groups excluding carboxylic acids is 1. The molecule has 4 rings (SSSR count). The van der Waals surface area contributed by atoms with Crippen LogP contribution in [-0.2, 0) is 17.9 Å². The van der Waals surface area contributed by atoms with E-state index in [4.69, 9.17) is 9.15 Å². The van der Waals surface area contributed by atoms with Gasteiger partial charge in [0, 0.05) is 24.6 Å². The van der Waals surface area contributed by atoms with Crippen LogP contribution in [0.1, 0.15) is 11.3 Å². The van der Waals surface area contributed by atoms with Crippen LogP contribution >= 0.6 is 11.8 Å². The van der Waals surface area contributed by atoms with Gasteiger partial charge in [-0.25, -0.2) is 0 Å². The molecule has 0 fully saturated rings. The highest BCUT2D eigenvalue weighted by Crippen LogP contribution is 2.22. The summed E-state index contributed by atoms with van der Waals surface area (Å²) in [7, 11) is 1.63. The number of benzene rings is 1. The number of pyridine rings is 1. The molecular formula is C22H21N5O3S. The van der Waals surface area contributed by atoms with Gasteiger partial charge in [0.1, 0.15) is 17.8 Å². The van der Waals surface area contributed by atoms with Gasteiger partial charge in [-0.1, -0.05) is 17.8 Å².